The number of carboxylic acids is 1. The number of nitrogens with zero attached hydrogens (tertiary/aromatic N) is 4. The van der Waals surface area contributed by atoms with Crippen LogP contribution in [-0.2, 0) is 4.74 Å². The molecule has 0 aliphatic heterocycles. The number of aryl methyl sites for hydroxylation is 2. The van der Waals surface area contributed by atoms with Gasteiger partial charge in [0.25, 0.3) is 0 Å². The van der Waals surface area contributed by atoms with Crippen LogP contribution in [0, 0.1) is 13.8 Å². The summed E-state index contributed by atoms with van der Waals surface area (Å²) in [5, 5.41) is 29.7. The molecule has 0 amide bonds. The average molecular weight is 603 g/mol. The first-order valence-electron chi connectivity index (χ1n) is 13.6. The quantitative estimate of drug-likeness (QED) is 0.182. The van der Waals surface area contributed by atoms with Crippen molar-refractivity contribution in [2.45, 2.75) is 64.2 Å². The van der Waals surface area contributed by atoms with E-state index in [9.17, 15) is 14.7 Å². The van der Waals surface area contributed by atoms with Crippen LogP contribution in [0.5, 0.6) is 0 Å². The maximum Gasteiger partial charge on any atom is 1.00 e. The molecule has 0 radical (unpaired) electrons. The number of hydrogen-bond acceptors (Lipinski definition) is 9. The molecule has 13 nitrogen and oxygen atoms in total. The summed E-state index contributed by atoms with van der Waals surface area (Å²) in [5.74, 6) is 1.20. The van der Waals surface area contributed by atoms with Gasteiger partial charge in [0.05, 0.1) is 18.2 Å². The van der Waals surface area contributed by atoms with Crippen molar-refractivity contribution in [2.75, 3.05) is 14.2 Å². The summed E-state index contributed by atoms with van der Waals surface area (Å²) >= 11 is 0. The predicted molar refractivity (Wildman–Crippen MR) is 158 cm³/mol. The number of methoxy groups -OCH3 is 1. The Morgan fingerprint density at radius 3 is 1.52 bits per heavy atom. The van der Waals surface area contributed by atoms with Crippen LogP contribution in [0.1, 0.15) is 93.3 Å². The van der Waals surface area contributed by atoms with Crippen molar-refractivity contribution in [1.29, 1.82) is 0 Å². The monoisotopic (exact) mass is 602 g/mol. The van der Waals surface area contributed by atoms with Crippen molar-refractivity contribution in [1.82, 2.24) is 30.4 Å². The van der Waals surface area contributed by atoms with Crippen LogP contribution >= 0.6 is 0 Å². The van der Waals surface area contributed by atoms with Crippen molar-refractivity contribution >= 4 is 11.9 Å². The van der Waals surface area contributed by atoms with Gasteiger partial charge in [0.1, 0.15) is 12.7 Å². The number of aromatic carboxylic acids is 1. The smallest absolute Gasteiger partial charge is 0.870 e. The van der Waals surface area contributed by atoms with Gasteiger partial charge in [-0.3, -0.25) is 10.2 Å². The number of aromatic amines is 2. The van der Waals surface area contributed by atoms with Gasteiger partial charge < -0.3 is 25.9 Å². The molecular weight excluding hydrogens is 563 g/mol. The van der Waals surface area contributed by atoms with E-state index in [1.165, 1.54) is 56.6 Å². The molecule has 2 aliphatic rings. The van der Waals surface area contributed by atoms with Crippen LogP contribution in [-0.4, -0.2) is 77.7 Å². The zero-order chi connectivity index (χ0) is 29.5. The van der Waals surface area contributed by atoms with E-state index in [0.29, 0.717) is 34.6 Å². The molecule has 0 saturated heterocycles. The summed E-state index contributed by atoms with van der Waals surface area (Å²) in [4.78, 5) is 31.5. The fraction of sp³-hybridized carbons (Fsp3) is 0.400. The number of ether oxygens (including phenoxy) is 1. The molecule has 232 valence electrons. The number of aliphatic hydroxyl groups is 1. The average Bonchev–Trinajstić information content (AvgIpc) is 3.63. The summed E-state index contributed by atoms with van der Waals surface area (Å²) < 4.78 is 4.84. The van der Waals surface area contributed by atoms with Crippen LogP contribution in [0.3, 0.4) is 0 Å². The maximum atomic E-state index is 11.9. The Kier molecular flexibility index (Phi) is 15.1. The Morgan fingerprint density at radius 2 is 1.20 bits per heavy atom. The summed E-state index contributed by atoms with van der Waals surface area (Å²) in [7, 11) is 2.40. The van der Waals surface area contributed by atoms with Gasteiger partial charge >= 0.3 is 30.8 Å². The standard InChI is InChI=1S/C15H17N3O2.C14H15N3O2.CH4O.Li.2H2O/c1-9-6-12(10-4-3-5-10)13(14-16-8-17-18-14)7-11(9)15(19)20-2;1-8-5-11(9-3-2-4-9)12(6-10(8)14(18)19)13-15-7-16-17-13;1-2;;;/h6-8,10H,3-5H2,1-2H3,(H,16,17,18);5-7,9H,2-4H2,1H3,(H,18,19)(H,15,16,17);2H,1H3;;2*1H2/q;;;+1;;/p-1. The minimum atomic E-state index is -0.904. The van der Waals surface area contributed by atoms with Crippen LogP contribution in [0.15, 0.2) is 36.9 Å². The van der Waals surface area contributed by atoms with E-state index in [1.807, 2.05) is 26.0 Å². The zero-order valence-electron chi connectivity index (χ0n) is 25.7. The van der Waals surface area contributed by atoms with Crippen molar-refractivity contribution in [2.24, 2.45) is 0 Å². The minimum Gasteiger partial charge on any atom is -0.870 e. The number of benzene rings is 2. The molecule has 2 heterocycles. The number of esters is 1. The number of H-pyrrole nitrogens is 2. The Labute approximate surface area is 267 Å². The number of carbonyl (C=O) groups is 2. The van der Waals surface area contributed by atoms with Gasteiger partial charge in [-0.25, -0.2) is 19.6 Å². The second kappa shape index (κ2) is 17.4. The first kappa shape index (κ1) is 38.2. The van der Waals surface area contributed by atoms with E-state index in [0.717, 1.165) is 42.2 Å². The molecule has 0 atom stereocenters. The molecule has 7 N–H and O–H groups in total. The number of nitrogens with one attached hydrogen (secondary N) is 2. The number of aliphatic hydroxyl groups excluding tert-OH is 1. The Bertz CT molecular complexity index is 1490. The number of carboxylic acid groups (broad SMARTS) is 1. The first-order chi connectivity index (χ1) is 19.9. The molecule has 4 aromatic rings. The second-order valence-corrected chi connectivity index (χ2v) is 10.2. The van der Waals surface area contributed by atoms with E-state index in [4.69, 9.17) is 9.84 Å². The van der Waals surface area contributed by atoms with Crippen molar-refractivity contribution in [3.8, 4) is 22.8 Å². The van der Waals surface area contributed by atoms with Crippen LogP contribution < -0.4 is 18.9 Å². The summed E-state index contributed by atoms with van der Waals surface area (Å²) in [6, 6.07) is 7.67. The first-order valence-corrected chi connectivity index (χ1v) is 13.6. The topological polar surface area (TPSA) is 228 Å². The van der Waals surface area contributed by atoms with Gasteiger partial charge in [0, 0.05) is 18.2 Å². The Hall–Kier alpha value is -3.86. The van der Waals surface area contributed by atoms with E-state index < -0.39 is 5.97 Å². The van der Waals surface area contributed by atoms with Crippen LogP contribution in [0.2, 0.25) is 0 Å². The number of rotatable bonds is 6. The molecular formula is C30H39LiN6O7. The Morgan fingerprint density at radius 1 is 0.795 bits per heavy atom. The van der Waals surface area contributed by atoms with Crippen molar-refractivity contribution in [3.05, 3.63) is 70.3 Å². The number of carbonyl (C=O) groups excluding carboxylic acids is 1. The van der Waals surface area contributed by atoms with E-state index >= 15 is 0 Å². The predicted octanol–water partition coefficient (Wildman–Crippen LogP) is 1.19. The molecule has 2 aromatic heterocycles. The van der Waals surface area contributed by atoms with Gasteiger partial charge in [0.2, 0.25) is 0 Å². The normalized spacial score (nSPS) is 13.5. The van der Waals surface area contributed by atoms with Gasteiger partial charge in [-0.05, 0) is 85.8 Å². The molecule has 2 saturated carbocycles. The van der Waals surface area contributed by atoms with E-state index in [-0.39, 0.29) is 35.8 Å². The third-order valence-electron chi connectivity index (χ3n) is 7.86. The SMILES string of the molecule is CO.COC(=O)c1cc(-c2ncn[nH]2)c(C2CCC2)cc1C.Cc1cc(C2CCC2)c(-c2ncn[nH]2)cc1C(=O)O.O.[Li+].[OH-]. The molecule has 2 fully saturated rings. The maximum absolute atomic E-state index is 11.9. The Balaban J connectivity index is 0.000000392. The molecule has 2 aliphatic carbocycles. The molecule has 0 bridgehead atoms. The fourth-order valence-corrected chi connectivity index (χ4v) is 5.22. The van der Waals surface area contributed by atoms with E-state index in [1.54, 1.807) is 6.07 Å². The second-order valence-electron chi connectivity index (χ2n) is 10.2. The molecule has 6 rings (SSSR count). The third kappa shape index (κ3) is 8.19. The zero-order valence-corrected chi connectivity index (χ0v) is 25.7. The van der Waals surface area contributed by atoms with Gasteiger partial charge in [-0.1, -0.05) is 25.0 Å². The minimum absolute atomic E-state index is 0. The molecule has 14 heteroatoms. The van der Waals surface area contributed by atoms with Gasteiger partial charge in [-0.2, -0.15) is 10.2 Å². The fourth-order valence-electron chi connectivity index (χ4n) is 5.22. The molecule has 2 aromatic carbocycles. The third-order valence-corrected chi connectivity index (χ3v) is 7.86. The molecule has 0 unspecified atom stereocenters. The summed E-state index contributed by atoms with van der Waals surface area (Å²) in [6.07, 6.45) is 10.1. The number of hydrogen-bond donors (Lipinski definition) is 4. The van der Waals surface area contributed by atoms with Crippen LogP contribution in [0.4, 0.5) is 0 Å². The van der Waals surface area contributed by atoms with Gasteiger partial charge in [0.15, 0.2) is 11.6 Å². The summed E-state index contributed by atoms with van der Waals surface area (Å²) in [5.41, 5.74) is 6.92. The number of aromatic nitrogens is 6. The largest absolute Gasteiger partial charge is 1.00 e. The molecule has 44 heavy (non-hydrogen) atoms. The van der Waals surface area contributed by atoms with Crippen molar-refractivity contribution < 1.29 is 54.4 Å². The molecule has 0 spiro atoms. The van der Waals surface area contributed by atoms with Gasteiger partial charge in [-0.15, -0.1) is 0 Å². The van der Waals surface area contributed by atoms with E-state index in [2.05, 4.69) is 36.4 Å². The summed E-state index contributed by atoms with van der Waals surface area (Å²) in [6.45, 7) is 3.79. The van der Waals surface area contributed by atoms with Crippen LogP contribution in [0.25, 0.3) is 22.8 Å². The van der Waals surface area contributed by atoms with Crippen molar-refractivity contribution in [3.63, 3.8) is 0 Å².